The van der Waals surface area contributed by atoms with Crippen molar-refractivity contribution >= 4 is 33.0 Å². The first-order chi connectivity index (χ1) is 8.60. The molecule has 0 saturated heterocycles. The number of nitrogen functional groups attached to an aromatic ring is 1. The van der Waals surface area contributed by atoms with Gasteiger partial charge in [0.2, 0.25) is 0 Å². The molecule has 2 aromatic carbocycles. The highest BCUT2D eigenvalue weighted by atomic mass is 79.9. The van der Waals surface area contributed by atoms with Gasteiger partial charge in [-0.05, 0) is 70.7 Å². The molecule has 0 amide bonds. The first-order valence-electron chi connectivity index (χ1n) is 6.01. The summed E-state index contributed by atoms with van der Waals surface area (Å²) in [5.74, 6) is 0. The van der Waals surface area contributed by atoms with Gasteiger partial charge in [0.05, 0.1) is 5.69 Å². The Kier molecular flexibility index (Phi) is 3.92. The maximum atomic E-state index is 5.73. The standard InChI is InChI=1S/C15H17BrN2/c1-3-11-4-6-13(8-10(11)2)18-15-7-5-12(17)9-14(15)16/h4-9,18H,3,17H2,1-2H3. The van der Waals surface area contributed by atoms with Crippen LogP contribution in [0.3, 0.4) is 0 Å². The molecule has 0 aliphatic carbocycles. The summed E-state index contributed by atoms with van der Waals surface area (Å²) in [4.78, 5) is 0. The average Bonchev–Trinajstić information content (AvgIpc) is 2.33. The summed E-state index contributed by atoms with van der Waals surface area (Å²) >= 11 is 3.51. The summed E-state index contributed by atoms with van der Waals surface area (Å²) in [6, 6.07) is 12.2. The van der Waals surface area contributed by atoms with E-state index in [9.17, 15) is 0 Å². The first-order valence-corrected chi connectivity index (χ1v) is 6.81. The van der Waals surface area contributed by atoms with Crippen LogP contribution in [0.15, 0.2) is 40.9 Å². The minimum absolute atomic E-state index is 0.755. The van der Waals surface area contributed by atoms with Gasteiger partial charge in [-0.1, -0.05) is 13.0 Å². The number of nitrogens with two attached hydrogens (primary N) is 1. The third kappa shape index (κ3) is 2.85. The van der Waals surface area contributed by atoms with E-state index in [1.165, 1.54) is 11.1 Å². The zero-order valence-corrected chi connectivity index (χ0v) is 12.2. The molecule has 0 fully saturated rings. The fraction of sp³-hybridized carbons (Fsp3) is 0.200. The molecule has 3 N–H and O–H groups in total. The minimum atomic E-state index is 0.755. The highest BCUT2D eigenvalue weighted by molar-refractivity contribution is 9.10. The van der Waals surface area contributed by atoms with Crippen LogP contribution in [-0.4, -0.2) is 0 Å². The maximum Gasteiger partial charge on any atom is 0.0530 e. The van der Waals surface area contributed by atoms with Crippen LogP contribution in [0.4, 0.5) is 17.1 Å². The molecule has 2 rings (SSSR count). The number of rotatable bonds is 3. The van der Waals surface area contributed by atoms with Crippen molar-refractivity contribution in [2.24, 2.45) is 0 Å². The summed E-state index contributed by atoms with van der Waals surface area (Å²) < 4.78 is 0.972. The van der Waals surface area contributed by atoms with Crippen LogP contribution in [0.25, 0.3) is 0 Å². The predicted octanol–water partition coefficient (Wildman–Crippen LogP) is 4.65. The van der Waals surface area contributed by atoms with E-state index in [0.717, 1.165) is 28.0 Å². The zero-order chi connectivity index (χ0) is 13.1. The molecule has 3 heteroatoms. The zero-order valence-electron chi connectivity index (χ0n) is 10.6. The topological polar surface area (TPSA) is 38.0 Å². The van der Waals surface area contributed by atoms with Gasteiger partial charge >= 0.3 is 0 Å². The Morgan fingerprint density at radius 3 is 2.56 bits per heavy atom. The van der Waals surface area contributed by atoms with Crippen LogP contribution in [-0.2, 0) is 6.42 Å². The van der Waals surface area contributed by atoms with Crippen molar-refractivity contribution < 1.29 is 0 Å². The predicted molar refractivity (Wildman–Crippen MR) is 82.4 cm³/mol. The Hall–Kier alpha value is -1.48. The summed E-state index contributed by atoms with van der Waals surface area (Å²) in [6.45, 7) is 4.31. The highest BCUT2D eigenvalue weighted by Gasteiger charge is 2.02. The largest absolute Gasteiger partial charge is 0.399 e. The molecule has 0 atom stereocenters. The molecule has 18 heavy (non-hydrogen) atoms. The quantitative estimate of drug-likeness (QED) is 0.810. The number of halogens is 1. The van der Waals surface area contributed by atoms with Gasteiger partial charge in [0.1, 0.15) is 0 Å². The molecule has 2 nitrogen and oxygen atoms in total. The fourth-order valence-electron chi connectivity index (χ4n) is 1.96. The van der Waals surface area contributed by atoms with E-state index < -0.39 is 0 Å². The van der Waals surface area contributed by atoms with Crippen LogP contribution in [0.1, 0.15) is 18.1 Å². The Morgan fingerprint density at radius 2 is 1.94 bits per heavy atom. The van der Waals surface area contributed by atoms with Crippen molar-refractivity contribution in [3.63, 3.8) is 0 Å². The van der Waals surface area contributed by atoms with Crippen molar-refractivity contribution in [3.8, 4) is 0 Å². The number of benzene rings is 2. The van der Waals surface area contributed by atoms with Crippen molar-refractivity contribution in [1.29, 1.82) is 0 Å². The van der Waals surface area contributed by atoms with Crippen LogP contribution in [0, 0.1) is 6.92 Å². The molecule has 0 spiro atoms. The van der Waals surface area contributed by atoms with E-state index in [1.54, 1.807) is 0 Å². The molecule has 0 aliphatic heterocycles. The Morgan fingerprint density at radius 1 is 1.17 bits per heavy atom. The van der Waals surface area contributed by atoms with Crippen molar-refractivity contribution in [2.45, 2.75) is 20.3 Å². The molecule has 0 saturated carbocycles. The molecule has 0 aliphatic rings. The van der Waals surface area contributed by atoms with E-state index >= 15 is 0 Å². The van der Waals surface area contributed by atoms with Crippen LogP contribution < -0.4 is 11.1 Å². The second-order valence-electron chi connectivity index (χ2n) is 4.36. The van der Waals surface area contributed by atoms with E-state index in [2.05, 4.69) is 53.3 Å². The lowest BCUT2D eigenvalue weighted by molar-refractivity contribution is 1.11. The molecule has 2 aromatic rings. The third-order valence-corrected chi connectivity index (χ3v) is 3.65. The van der Waals surface area contributed by atoms with Crippen molar-refractivity contribution in [2.75, 3.05) is 11.1 Å². The van der Waals surface area contributed by atoms with E-state index in [-0.39, 0.29) is 0 Å². The number of hydrogen-bond acceptors (Lipinski definition) is 2. The normalized spacial score (nSPS) is 10.4. The van der Waals surface area contributed by atoms with Gasteiger partial charge in [-0.15, -0.1) is 0 Å². The van der Waals surface area contributed by atoms with Gasteiger partial charge in [-0.3, -0.25) is 0 Å². The van der Waals surface area contributed by atoms with Gasteiger partial charge in [0, 0.05) is 15.8 Å². The molecule has 94 valence electrons. The van der Waals surface area contributed by atoms with Crippen molar-refractivity contribution in [3.05, 3.63) is 52.0 Å². The van der Waals surface area contributed by atoms with Gasteiger partial charge in [0.15, 0.2) is 0 Å². The average molecular weight is 305 g/mol. The fourth-order valence-corrected chi connectivity index (χ4v) is 2.45. The summed E-state index contributed by atoms with van der Waals surface area (Å²) in [6.07, 6.45) is 1.07. The van der Waals surface area contributed by atoms with E-state index in [4.69, 9.17) is 5.73 Å². The minimum Gasteiger partial charge on any atom is -0.399 e. The van der Waals surface area contributed by atoms with Crippen molar-refractivity contribution in [1.82, 2.24) is 0 Å². The molecule has 0 heterocycles. The third-order valence-electron chi connectivity index (χ3n) is 3.00. The summed E-state index contributed by atoms with van der Waals surface area (Å²) in [7, 11) is 0. The van der Waals surface area contributed by atoms with Gasteiger partial charge in [-0.25, -0.2) is 0 Å². The SMILES string of the molecule is CCc1ccc(Nc2ccc(N)cc2Br)cc1C. The Labute approximate surface area is 116 Å². The number of hydrogen-bond donors (Lipinski definition) is 2. The van der Waals surface area contributed by atoms with Gasteiger partial charge in [-0.2, -0.15) is 0 Å². The van der Waals surface area contributed by atoms with Crippen LogP contribution in [0.5, 0.6) is 0 Å². The van der Waals surface area contributed by atoms with Crippen LogP contribution >= 0.6 is 15.9 Å². The molecule has 0 bridgehead atoms. The molecular weight excluding hydrogens is 288 g/mol. The summed E-state index contributed by atoms with van der Waals surface area (Å²) in [5.41, 5.74) is 11.3. The van der Waals surface area contributed by atoms with Gasteiger partial charge < -0.3 is 11.1 Å². The Bertz CT molecular complexity index is 564. The lowest BCUT2D eigenvalue weighted by Crippen LogP contribution is -1.95. The van der Waals surface area contributed by atoms with E-state index in [0.29, 0.717) is 0 Å². The maximum absolute atomic E-state index is 5.73. The Balaban J connectivity index is 2.26. The number of nitrogens with one attached hydrogen (secondary N) is 1. The smallest absolute Gasteiger partial charge is 0.0530 e. The number of aryl methyl sites for hydroxylation is 2. The second kappa shape index (κ2) is 5.44. The number of anilines is 3. The first kappa shape index (κ1) is 13.0. The second-order valence-corrected chi connectivity index (χ2v) is 5.21. The highest BCUT2D eigenvalue weighted by Crippen LogP contribution is 2.28. The molecule has 0 radical (unpaired) electrons. The molecular formula is C15H17BrN2. The van der Waals surface area contributed by atoms with E-state index in [1.807, 2.05) is 18.2 Å². The van der Waals surface area contributed by atoms with Gasteiger partial charge in [0.25, 0.3) is 0 Å². The lowest BCUT2D eigenvalue weighted by atomic mass is 10.1. The molecule has 0 unspecified atom stereocenters. The van der Waals surface area contributed by atoms with Crippen LogP contribution in [0.2, 0.25) is 0 Å². The molecule has 0 aromatic heterocycles. The lowest BCUT2D eigenvalue weighted by Gasteiger charge is -2.11. The monoisotopic (exact) mass is 304 g/mol. The summed E-state index contributed by atoms with van der Waals surface area (Å²) in [5, 5.41) is 3.39.